The lowest BCUT2D eigenvalue weighted by atomic mass is 9.91. The molecule has 1 aliphatic heterocycles. The van der Waals surface area contributed by atoms with Crippen LogP contribution in [0.3, 0.4) is 0 Å². The van der Waals surface area contributed by atoms with Crippen molar-refractivity contribution in [3.63, 3.8) is 0 Å². The summed E-state index contributed by atoms with van der Waals surface area (Å²) in [6, 6.07) is 2.02. The van der Waals surface area contributed by atoms with Gasteiger partial charge in [-0.15, -0.1) is 0 Å². The summed E-state index contributed by atoms with van der Waals surface area (Å²) in [6.45, 7) is 5.10. The van der Waals surface area contributed by atoms with Crippen LogP contribution >= 0.6 is 27.5 Å². The number of amides is 1. The van der Waals surface area contributed by atoms with E-state index in [1.165, 1.54) is 6.42 Å². The third-order valence-corrected chi connectivity index (χ3v) is 4.59. The summed E-state index contributed by atoms with van der Waals surface area (Å²) < 4.78 is 0.775. The molecule has 2 rings (SSSR count). The fourth-order valence-electron chi connectivity index (χ4n) is 2.53. The number of pyridine rings is 1. The van der Waals surface area contributed by atoms with Crippen molar-refractivity contribution in [2.24, 2.45) is 5.92 Å². The molecule has 0 aromatic carbocycles. The summed E-state index contributed by atoms with van der Waals surface area (Å²) in [5.74, 6) is 0.587. The van der Waals surface area contributed by atoms with Crippen LogP contribution in [0.2, 0.25) is 5.15 Å². The average molecular weight is 346 g/mol. The van der Waals surface area contributed by atoms with Crippen LogP contribution in [0.5, 0.6) is 0 Å². The molecule has 2 unspecified atom stereocenters. The molecule has 0 saturated carbocycles. The molecule has 0 N–H and O–H groups in total. The first-order valence-electron chi connectivity index (χ1n) is 6.65. The zero-order valence-electron chi connectivity index (χ0n) is 11.2. The Morgan fingerprint density at radius 3 is 3.00 bits per heavy atom. The molecule has 2 heterocycles. The maximum atomic E-state index is 12.6. The molecule has 0 bridgehead atoms. The molecular formula is C14H18BrClN2O. The number of rotatable bonds is 2. The second-order valence-electron chi connectivity index (χ2n) is 5.15. The van der Waals surface area contributed by atoms with Crippen molar-refractivity contribution >= 4 is 33.4 Å². The minimum atomic E-state index is -0.00977. The van der Waals surface area contributed by atoms with Gasteiger partial charge in [0, 0.05) is 23.3 Å². The summed E-state index contributed by atoms with van der Waals surface area (Å²) in [6.07, 6.45) is 4.98. The molecule has 5 heteroatoms. The summed E-state index contributed by atoms with van der Waals surface area (Å²) >= 11 is 9.39. The van der Waals surface area contributed by atoms with Crippen LogP contribution in [0.25, 0.3) is 0 Å². The van der Waals surface area contributed by atoms with Gasteiger partial charge in [-0.25, -0.2) is 4.98 Å². The number of piperidine rings is 1. The van der Waals surface area contributed by atoms with E-state index in [-0.39, 0.29) is 17.1 Å². The second-order valence-corrected chi connectivity index (χ2v) is 6.42. The van der Waals surface area contributed by atoms with Gasteiger partial charge < -0.3 is 4.90 Å². The van der Waals surface area contributed by atoms with Gasteiger partial charge in [-0.1, -0.05) is 24.9 Å². The smallest absolute Gasteiger partial charge is 0.257 e. The maximum Gasteiger partial charge on any atom is 0.257 e. The first-order chi connectivity index (χ1) is 9.02. The van der Waals surface area contributed by atoms with E-state index < -0.39 is 0 Å². The van der Waals surface area contributed by atoms with E-state index >= 15 is 0 Å². The molecule has 0 aliphatic carbocycles. The van der Waals surface area contributed by atoms with Crippen LogP contribution in [-0.4, -0.2) is 28.4 Å². The third-order valence-electron chi connectivity index (χ3n) is 3.85. The number of hydrogen-bond acceptors (Lipinski definition) is 2. The van der Waals surface area contributed by atoms with Gasteiger partial charge in [0.05, 0.1) is 5.56 Å². The molecule has 0 spiro atoms. The first kappa shape index (κ1) is 14.8. The SMILES string of the molecule is CCC1CCC(C)N(C(=O)c2cc(Br)cnc2Cl)C1. The Hall–Kier alpha value is -0.610. The predicted molar refractivity (Wildman–Crippen MR) is 80.5 cm³/mol. The van der Waals surface area contributed by atoms with Gasteiger partial charge in [-0.05, 0) is 47.7 Å². The molecule has 2 atom stereocenters. The quantitative estimate of drug-likeness (QED) is 0.754. The minimum absolute atomic E-state index is 0.00977. The standard InChI is InChI=1S/C14H18BrClN2O/c1-3-10-5-4-9(2)18(8-10)14(19)12-6-11(15)7-17-13(12)16/h6-7,9-10H,3-5,8H2,1-2H3. The summed E-state index contributed by atoms with van der Waals surface area (Å²) in [4.78, 5) is 18.6. The number of carbonyl (C=O) groups excluding carboxylic acids is 1. The van der Waals surface area contributed by atoms with Gasteiger partial charge in [0.1, 0.15) is 5.15 Å². The normalized spacial score (nSPS) is 23.5. The molecule has 1 aromatic heterocycles. The molecule has 19 heavy (non-hydrogen) atoms. The lowest BCUT2D eigenvalue weighted by molar-refractivity contribution is 0.0556. The van der Waals surface area contributed by atoms with E-state index in [1.54, 1.807) is 12.3 Å². The largest absolute Gasteiger partial charge is 0.336 e. The Bertz CT molecular complexity index is 481. The van der Waals surface area contributed by atoms with E-state index in [9.17, 15) is 4.79 Å². The van der Waals surface area contributed by atoms with Gasteiger partial charge in [0.15, 0.2) is 0 Å². The van der Waals surface area contributed by atoms with E-state index in [2.05, 4.69) is 34.8 Å². The van der Waals surface area contributed by atoms with Crippen LogP contribution in [0.1, 0.15) is 43.5 Å². The number of hydrogen-bond donors (Lipinski definition) is 0. The number of likely N-dealkylation sites (tertiary alicyclic amines) is 1. The number of carbonyl (C=O) groups is 1. The van der Waals surface area contributed by atoms with Crippen molar-refractivity contribution in [1.82, 2.24) is 9.88 Å². The monoisotopic (exact) mass is 344 g/mol. The van der Waals surface area contributed by atoms with Crippen molar-refractivity contribution in [3.8, 4) is 0 Å². The van der Waals surface area contributed by atoms with Crippen molar-refractivity contribution in [1.29, 1.82) is 0 Å². The molecule has 1 aromatic rings. The number of nitrogens with zero attached hydrogens (tertiary/aromatic N) is 2. The second kappa shape index (κ2) is 6.23. The molecular weight excluding hydrogens is 328 g/mol. The van der Waals surface area contributed by atoms with Gasteiger partial charge in [0.2, 0.25) is 0 Å². The summed E-state index contributed by atoms with van der Waals surface area (Å²) in [5.41, 5.74) is 0.486. The van der Waals surface area contributed by atoms with Gasteiger partial charge in [-0.2, -0.15) is 0 Å². The zero-order chi connectivity index (χ0) is 14.0. The van der Waals surface area contributed by atoms with Crippen molar-refractivity contribution in [2.45, 2.75) is 39.2 Å². The molecule has 3 nitrogen and oxygen atoms in total. The lowest BCUT2D eigenvalue weighted by Gasteiger charge is -2.38. The van der Waals surface area contributed by atoms with Gasteiger partial charge in [0.25, 0.3) is 5.91 Å². The highest BCUT2D eigenvalue weighted by atomic mass is 79.9. The Morgan fingerprint density at radius 2 is 2.32 bits per heavy atom. The van der Waals surface area contributed by atoms with E-state index in [4.69, 9.17) is 11.6 Å². The topological polar surface area (TPSA) is 33.2 Å². The van der Waals surface area contributed by atoms with Crippen LogP contribution in [0.15, 0.2) is 16.7 Å². The third kappa shape index (κ3) is 3.29. The Labute approximate surface area is 127 Å². The Balaban J connectivity index is 2.24. The minimum Gasteiger partial charge on any atom is -0.336 e. The van der Waals surface area contributed by atoms with E-state index in [0.717, 1.165) is 23.9 Å². The average Bonchev–Trinajstić information content (AvgIpc) is 2.41. The molecule has 1 fully saturated rings. The highest BCUT2D eigenvalue weighted by Crippen LogP contribution is 2.27. The zero-order valence-corrected chi connectivity index (χ0v) is 13.5. The first-order valence-corrected chi connectivity index (χ1v) is 7.82. The van der Waals surface area contributed by atoms with Gasteiger partial charge >= 0.3 is 0 Å². The van der Waals surface area contributed by atoms with Crippen LogP contribution in [0, 0.1) is 5.92 Å². The maximum absolute atomic E-state index is 12.6. The Kier molecular flexibility index (Phi) is 4.85. The predicted octanol–water partition coefficient (Wildman–Crippen LogP) is 4.15. The molecule has 104 valence electrons. The highest BCUT2D eigenvalue weighted by molar-refractivity contribution is 9.10. The number of halogens is 2. The van der Waals surface area contributed by atoms with Crippen LogP contribution < -0.4 is 0 Å². The molecule has 1 amide bonds. The van der Waals surface area contributed by atoms with Crippen molar-refractivity contribution in [3.05, 3.63) is 27.5 Å². The molecule has 0 radical (unpaired) electrons. The van der Waals surface area contributed by atoms with Crippen molar-refractivity contribution < 1.29 is 4.79 Å². The fourth-order valence-corrected chi connectivity index (χ4v) is 3.04. The van der Waals surface area contributed by atoms with Gasteiger partial charge in [-0.3, -0.25) is 4.79 Å². The van der Waals surface area contributed by atoms with Crippen LogP contribution in [-0.2, 0) is 0 Å². The van der Waals surface area contributed by atoms with E-state index in [1.807, 2.05) is 4.90 Å². The summed E-state index contributed by atoms with van der Waals surface area (Å²) in [7, 11) is 0. The Morgan fingerprint density at radius 1 is 1.58 bits per heavy atom. The fraction of sp³-hybridized carbons (Fsp3) is 0.571. The molecule has 1 aliphatic rings. The molecule has 1 saturated heterocycles. The summed E-state index contributed by atoms with van der Waals surface area (Å²) in [5, 5.41) is 0.277. The number of aromatic nitrogens is 1. The van der Waals surface area contributed by atoms with Crippen molar-refractivity contribution in [2.75, 3.05) is 6.54 Å². The van der Waals surface area contributed by atoms with Crippen LogP contribution in [0.4, 0.5) is 0 Å². The lowest BCUT2D eigenvalue weighted by Crippen LogP contribution is -2.45. The highest BCUT2D eigenvalue weighted by Gasteiger charge is 2.30. The van der Waals surface area contributed by atoms with E-state index in [0.29, 0.717) is 11.5 Å².